The molecular weight excluding hydrogens is 620 g/mol. The van der Waals surface area contributed by atoms with Crippen molar-refractivity contribution in [3.63, 3.8) is 0 Å². The van der Waals surface area contributed by atoms with Crippen molar-refractivity contribution in [2.45, 2.75) is 51.2 Å². The third kappa shape index (κ3) is 6.23. The van der Waals surface area contributed by atoms with Gasteiger partial charge in [0.1, 0.15) is 17.1 Å². The number of aliphatic hydroxyl groups is 3. The van der Waals surface area contributed by atoms with Crippen LogP contribution in [0, 0.1) is 22.0 Å². The Morgan fingerprint density at radius 1 is 1.18 bits per heavy atom. The number of carbonyl (C=O) groups excluding carboxylic acids is 3. The largest absolute Gasteiger partial charge is 0.510 e. The summed E-state index contributed by atoms with van der Waals surface area (Å²) < 4.78 is 31.6. The van der Waals surface area contributed by atoms with E-state index in [1.165, 1.54) is 11.0 Å². The van der Waals surface area contributed by atoms with Gasteiger partial charge in [-0.3, -0.25) is 38.5 Å². The molecule has 0 heterocycles. The number of anilines is 1. The van der Waals surface area contributed by atoms with Gasteiger partial charge < -0.3 is 31.1 Å². The maximum Gasteiger partial charge on any atom is 0.394 e. The van der Waals surface area contributed by atoms with Crippen LogP contribution in [-0.4, -0.2) is 104 Å². The number of rotatable bonds is 8. The molecule has 17 nitrogen and oxygen atoms in total. The van der Waals surface area contributed by atoms with E-state index in [-0.39, 0.29) is 24.0 Å². The number of unbranched alkanes of at least 4 members (excludes halogenated alkanes) is 1. The van der Waals surface area contributed by atoms with E-state index in [2.05, 4.69) is 0 Å². The number of benzene rings is 1. The minimum absolute atomic E-state index is 0.0536. The van der Waals surface area contributed by atoms with Crippen molar-refractivity contribution in [1.82, 2.24) is 4.90 Å². The Morgan fingerprint density at radius 2 is 1.76 bits per heavy atom. The highest BCUT2D eigenvalue weighted by Crippen LogP contribution is 2.54. The number of nitro benzene ring substituents is 1. The van der Waals surface area contributed by atoms with Gasteiger partial charge in [0.2, 0.25) is 11.5 Å². The molecule has 3 aliphatic carbocycles. The molecule has 18 heteroatoms. The van der Waals surface area contributed by atoms with Gasteiger partial charge >= 0.3 is 16.1 Å². The average Bonchev–Trinajstić information content (AvgIpc) is 2.90. The van der Waals surface area contributed by atoms with E-state index in [0.29, 0.717) is 24.3 Å². The Labute approximate surface area is 258 Å². The summed E-state index contributed by atoms with van der Waals surface area (Å²) in [6.07, 6.45) is 1.62. The molecule has 0 saturated heterocycles. The molecule has 0 aliphatic heterocycles. The van der Waals surface area contributed by atoms with Crippen LogP contribution in [0.5, 0.6) is 5.75 Å². The van der Waals surface area contributed by atoms with Gasteiger partial charge in [0, 0.05) is 36.3 Å². The van der Waals surface area contributed by atoms with E-state index >= 15 is 0 Å². The molecule has 248 valence electrons. The molecule has 1 amide bonds. The van der Waals surface area contributed by atoms with Crippen molar-refractivity contribution in [1.29, 1.82) is 0 Å². The molecule has 45 heavy (non-hydrogen) atoms. The van der Waals surface area contributed by atoms with Gasteiger partial charge in [0.25, 0.3) is 5.91 Å². The van der Waals surface area contributed by atoms with Crippen LogP contribution in [0.25, 0.3) is 0 Å². The number of phenolic OH excluding ortho intramolecular Hbond substituents is 1. The first-order chi connectivity index (χ1) is 20.7. The first kappa shape index (κ1) is 35.4. The van der Waals surface area contributed by atoms with Crippen LogP contribution in [-0.2, 0) is 26.4 Å². The predicted octanol–water partition coefficient (Wildman–Crippen LogP) is 1.00. The van der Waals surface area contributed by atoms with E-state index in [1.807, 2.05) is 18.7 Å². The number of nitro groups is 1. The topological polar surface area (TPSA) is 282 Å². The van der Waals surface area contributed by atoms with Gasteiger partial charge in [-0.25, -0.2) is 0 Å². The molecular formula is C27H36N4O13S. The fraction of sp³-hybridized carbons (Fsp3) is 0.519. The monoisotopic (exact) mass is 656 g/mol. The molecule has 4 rings (SSSR count). The molecule has 1 aromatic rings. The second-order valence-corrected chi connectivity index (χ2v) is 12.1. The molecule has 2 unspecified atom stereocenters. The second-order valence-electron chi connectivity index (χ2n) is 11.2. The van der Waals surface area contributed by atoms with E-state index in [1.54, 1.807) is 14.1 Å². The minimum atomic E-state index is -4.67. The molecule has 0 radical (unpaired) electrons. The number of hydrogen-bond donors (Lipinski definition) is 7. The number of aliphatic hydroxyl groups excluding tert-OH is 2. The van der Waals surface area contributed by atoms with Gasteiger partial charge in [-0.2, -0.15) is 8.42 Å². The lowest BCUT2D eigenvalue weighted by Gasteiger charge is -2.50. The fourth-order valence-electron chi connectivity index (χ4n) is 6.50. The van der Waals surface area contributed by atoms with Crippen LogP contribution >= 0.6 is 0 Å². The zero-order valence-electron chi connectivity index (χ0n) is 24.9. The predicted molar refractivity (Wildman–Crippen MR) is 157 cm³/mol. The number of Topliss-reactive ketones (excluding diaryl/α,β-unsaturated/α-hetero) is 2. The van der Waals surface area contributed by atoms with Crippen molar-refractivity contribution in [3.05, 3.63) is 50.0 Å². The molecule has 0 bridgehead atoms. The molecule has 0 saturated carbocycles. The number of likely N-dealkylation sites (N-methyl/N-ethyl adjacent to an activating group) is 1. The number of primary amides is 1. The number of fused-ring (bicyclic) bond motifs is 3. The maximum absolute atomic E-state index is 13.9. The summed E-state index contributed by atoms with van der Waals surface area (Å²) in [7, 11) is -1.56. The molecule has 0 fully saturated rings. The number of amides is 1. The van der Waals surface area contributed by atoms with Crippen molar-refractivity contribution < 1.29 is 57.3 Å². The van der Waals surface area contributed by atoms with Gasteiger partial charge in [0.05, 0.1) is 16.5 Å². The fourth-order valence-corrected chi connectivity index (χ4v) is 6.50. The smallest absolute Gasteiger partial charge is 0.394 e. The third-order valence-corrected chi connectivity index (χ3v) is 8.38. The zero-order valence-corrected chi connectivity index (χ0v) is 25.7. The lowest BCUT2D eigenvalue weighted by atomic mass is 9.58. The van der Waals surface area contributed by atoms with Crippen LogP contribution in [0.15, 0.2) is 28.7 Å². The van der Waals surface area contributed by atoms with Gasteiger partial charge in [0.15, 0.2) is 11.4 Å². The highest BCUT2D eigenvalue weighted by molar-refractivity contribution is 7.79. The van der Waals surface area contributed by atoms with E-state index in [4.69, 9.17) is 23.3 Å². The van der Waals surface area contributed by atoms with Crippen LogP contribution in [0.1, 0.15) is 49.0 Å². The Kier molecular flexibility index (Phi) is 10.00. The number of nitrogens with two attached hydrogens (primary N) is 1. The lowest BCUT2D eigenvalue weighted by Crippen LogP contribution is -2.63. The molecule has 0 spiro atoms. The standard InChI is InChI=1S/C27H34N4O9.H2O4S/c1-5-7-8-30(6-2)15-11-16(31(39)40)21(32)18-13(15)9-12-10-14-20(29(3)4)23(34)19(26(28)37)25(36)27(14,38)24(35)17(12)22(18)33;1-5(2,3)4/h11-12,14,20,32,34-35,38H,5-10H2,1-4H3,(H2,28,37);(H2,1,2,3,4)/t12?,14?,20-,27-;/m0./s1. The summed E-state index contributed by atoms with van der Waals surface area (Å²) in [4.78, 5) is 53.9. The summed E-state index contributed by atoms with van der Waals surface area (Å²) >= 11 is 0. The van der Waals surface area contributed by atoms with Crippen LogP contribution in [0.3, 0.4) is 0 Å². The quantitative estimate of drug-likeness (QED) is 0.0889. The number of nitrogens with zero attached hydrogens (tertiary/aromatic N) is 3. The highest BCUT2D eigenvalue weighted by Gasteiger charge is 2.63. The Morgan fingerprint density at radius 3 is 2.22 bits per heavy atom. The maximum atomic E-state index is 13.9. The molecule has 4 atom stereocenters. The Bertz CT molecular complexity index is 1610. The highest BCUT2D eigenvalue weighted by atomic mass is 32.3. The summed E-state index contributed by atoms with van der Waals surface area (Å²) in [6, 6.07) is 0.140. The zero-order chi connectivity index (χ0) is 34.3. The van der Waals surface area contributed by atoms with E-state index < -0.39 is 84.8 Å². The number of phenols is 1. The summed E-state index contributed by atoms with van der Waals surface area (Å²) in [5.74, 6) is -8.08. The third-order valence-electron chi connectivity index (χ3n) is 8.38. The lowest BCUT2D eigenvalue weighted by molar-refractivity contribution is -0.385. The normalized spacial score (nSPS) is 24.4. The number of allylic oxidation sites excluding steroid dienone is 1. The number of aromatic hydroxyl groups is 1. The van der Waals surface area contributed by atoms with Crippen molar-refractivity contribution in [2.24, 2.45) is 17.6 Å². The first-order valence-electron chi connectivity index (χ1n) is 13.9. The van der Waals surface area contributed by atoms with Crippen molar-refractivity contribution >= 4 is 39.2 Å². The van der Waals surface area contributed by atoms with Crippen LogP contribution in [0.4, 0.5) is 11.4 Å². The van der Waals surface area contributed by atoms with Gasteiger partial charge in [-0.05, 0) is 51.8 Å². The minimum Gasteiger partial charge on any atom is -0.510 e. The number of ketones is 2. The molecule has 0 aromatic heterocycles. The Hall–Kier alpha value is -4.10. The van der Waals surface area contributed by atoms with Gasteiger partial charge in [-0.15, -0.1) is 0 Å². The first-order valence-corrected chi connectivity index (χ1v) is 15.3. The second kappa shape index (κ2) is 12.7. The van der Waals surface area contributed by atoms with E-state index in [9.17, 15) is 44.9 Å². The SMILES string of the molecule is CCCCN(CC)c1cc([N+](=O)[O-])c(O)c2c1CC1CC3[C@H](N(C)C)C(O)=C(C(N)=O)C(=O)[C@@]3(O)C(O)=C1C2=O.O=S(=O)(O)O. The van der Waals surface area contributed by atoms with E-state index in [0.717, 1.165) is 12.8 Å². The summed E-state index contributed by atoms with van der Waals surface area (Å²) in [5, 5.41) is 56.7. The molecule has 3 aliphatic rings. The van der Waals surface area contributed by atoms with Gasteiger partial charge in [-0.1, -0.05) is 13.3 Å². The van der Waals surface area contributed by atoms with Crippen molar-refractivity contribution in [2.75, 3.05) is 32.1 Å². The number of carbonyl (C=O) groups is 3. The number of hydrogen-bond acceptors (Lipinski definition) is 13. The Balaban J connectivity index is 0.00000102. The van der Waals surface area contributed by atoms with Crippen molar-refractivity contribution in [3.8, 4) is 5.75 Å². The average molecular weight is 657 g/mol. The van der Waals surface area contributed by atoms with Crippen LogP contribution < -0.4 is 10.6 Å². The van der Waals surface area contributed by atoms with Crippen LogP contribution in [0.2, 0.25) is 0 Å². The summed E-state index contributed by atoms with van der Waals surface area (Å²) in [5.41, 5.74) is 1.01. The molecule has 8 N–H and O–H groups in total. The summed E-state index contributed by atoms with van der Waals surface area (Å²) in [6.45, 7) is 4.87. The molecule has 1 aromatic carbocycles.